The number of hydrogen-bond acceptors (Lipinski definition) is 2. The first-order chi connectivity index (χ1) is 8.40. The van der Waals surface area contributed by atoms with Crippen LogP contribution in [0.4, 0.5) is 10.5 Å². The second-order valence-corrected chi connectivity index (χ2v) is 4.48. The van der Waals surface area contributed by atoms with Gasteiger partial charge in [-0.3, -0.25) is 4.79 Å². The van der Waals surface area contributed by atoms with Crippen molar-refractivity contribution in [2.45, 2.75) is 20.4 Å². The summed E-state index contributed by atoms with van der Waals surface area (Å²) in [7, 11) is 1.50. The zero-order chi connectivity index (χ0) is 13.7. The molecule has 0 radical (unpaired) electrons. The highest BCUT2D eigenvalue weighted by Gasteiger charge is 2.09. The van der Waals surface area contributed by atoms with E-state index in [2.05, 4.69) is 5.32 Å². The summed E-state index contributed by atoms with van der Waals surface area (Å²) in [6.45, 7) is 3.93. The summed E-state index contributed by atoms with van der Waals surface area (Å²) < 4.78 is 0. The van der Waals surface area contributed by atoms with Crippen molar-refractivity contribution in [1.82, 2.24) is 4.90 Å². The SMILES string of the molecule is CC(C)C(=O)Nc1cccc(CN(C)C(=O)O)c1. The van der Waals surface area contributed by atoms with Crippen LogP contribution in [0, 0.1) is 5.92 Å². The van der Waals surface area contributed by atoms with Gasteiger partial charge in [-0.2, -0.15) is 0 Å². The van der Waals surface area contributed by atoms with Crippen LogP contribution in [0.2, 0.25) is 0 Å². The summed E-state index contributed by atoms with van der Waals surface area (Å²) in [4.78, 5) is 23.4. The lowest BCUT2D eigenvalue weighted by molar-refractivity contribution is -0.118. The third-order valence-corrected chi connectivity index (χ3v) is 2.47. The fraction of sp³-hybridized carbons (Fsp3) is 0.385. The lowest BCUT2D eigenvalue weighted by Crippen LogP contribution is -2.24. The van der Waals surface area contributed by atoms with Crippen molar-refractivity contribution in [3.8, 4) is 0 Å². The van der Waals surface area contributed by atoms with E-state index in [1.807, 2.05) is 19.9 Å². The monoisotopic (exact) mass is 250 g/mol. The molecule has 0 spiro atoms. The number of benzene rings is 1. The van der Waals surface area contributed by atoms with Crippen LogP contribution in [0.1, 0.15) is 19.4 Å². The van der Waals surface area contributed by atoms with Crippen LogP contribution in [-0.2, 0) is 11.3 Å². The van der Waals surface area contributed by atoms with Gasteiger partial charge in [0.25, 0.3) is 0 Å². The summed E-state index contributed by atoms with van der Waals surface area (Å²) in [5, 5.41) is 11.6. The second kappa shape index (κ2) is 6.05. The van der Waals surface area contributed by atoms with Crippen LogP contribution in [0.5, 0.6) is 0 Å². The highest BCUT2D eigenvalue weighted by Crippen LogP contribution is 2.13. The topological polar surface area (TPSA) is 69.6 Å². The molecule has 0 heterocycles. The van der Waals surface area contributed by atoms with Crippen molar-refractivity contribution in [3.05, 3.63) is 29.8 Å². The Hall–Kier alpha value is -2.04. The standard InChI is InChI=1S/C13H18N2O3/c1-9(2)12(16)14-11-6-4-5-10(7-11)8-15(3)13(17)18/h4-7,9H,8H2,1-3H3,(H,14,16)(H,17,18). The number of rotatable bonds is 4. The van der Waals surface area contributed by atoms with E-state index >= 15 is 0 Å². The molecule has 0 atom stereocenters. The Bertz CT molecular complexity index is 444. The molecule has 5 heteroatoms. The van der Waals surface area contributed by atoms with Crippen molar-refractivity contribution in [1.29, 1.82) is 0 Å². The maximum atomic E-state index is 11.5. The Morgan fingerprint density at radius 3 is 2.61 bits per heavy atom. The normalized spacial score (nSPS) is 10.2. The number of carbonyl (C=O) groups is 2. The molecule has 1 rings (SSSR count). The van der Waals surface area contributed by atoms with E-state index < -0.39 is 6.09 Å². The van der Waals surface area contributed by atoms with E-state index in [0.717, 1.165) is 5.56 Å². The molecule has 18 heavy (non-hydrogen) atoms. The number of amides is 2. The molecule has 1 aromatic carbocycles. The van der Waals surface area contributed by atoms with Gasteiger partial charge in [0.1, 0.15) is 0 Å². The Morgan fingerprint density at radius 2 is 2.06 bits per heavy atom. The zero-order valence-corrected chi connectivity index (χ0v) is 10.8. The van der Waals surface area contributed by atoms with Crippen molar-refractivity contribution in [3.63, 3.8) is 0 Å². The molecular formula is C13H18N2O3. The highest BCUT2D eigenvalue weighted by atomic mass is 16.4. The van der Waals surface area contributed by atoms with E-state index in [9.17, 15) is 9.59 Å². The van der Waals surface area contributed by atoms with Crippen LogP contribution in [0.15, 0.2) is 24.3 Å². The van der Waals surface area contributed by atoms with Gasteiger partial charge in [0.2, 0.25) is 5.91 Å². The minimum absolute atomic E-state index is 0.0567. The minimum Gasteiger partial charge on any atom is -0.465 e. The first kappa shape index (κ1) is 14.0. The Labute approximate surface area is 106 Å². The van der Waals surface area contributed by atoms with Gasteiger partial charge in [0, 0.05) is 25.2 Å². The van der Waals surface area contributed by atoms with Gasteiger partial charge in [-0.15, -0.1) is 0 Å². The van der Waals surface area contributed by atoms with Crippen LogP contribution in [-0.4, -0.2) is 29.1 Å². The number of nitrogens with one attached hydrogen (secondary N) is 1. The van der Waals surface area contributed by atoms with Crippen molar-refractivity contribution in [2.24, 2.45) is 5.92 Å². The average Bonchev–Trinajstić information content (AvgIpc) is 2.29. The molecular weight excluding hydrogens is 232 g/mol. The zero-order valence-electron chi connectivity index (χ0n) is 10.8. The van der Waals surface area contributed by atoms with Crippen LogP contribution in [0.3, 0.4) is 0 Å². The molecule has 1 aromatic rings. The quantitative estimate of drug-likeness (QED) is 0.862. The lowest BCUT2D eigenvalue weighted by Gasteiger charge is -2.14. The molecule has 0 fully saturated rings. The summed E-state index contributed by atoms with van der Waals surface area (Å²) in [5.41, 5.74) is 1.52. The predicted octanol–water partition coefficient (Wildman–Crippen LogP) is 2.39. The van der Waals surface area contributed by atoms with Gasteiger partial charge in [-0.05, 0) is 17.7 Å². The molecule has 98 valence electrons. The molecule has 0 aliphatic rings. The van der Waals surface area contributed by atoms with E-state index in [4.69, 9.17) is 5.11 Å². The van der Waals surface area contributed by atoms with Crippen molar-refractivity contribution in [2.75, 3.05) is 12.4 Å². The fourth-order valence-electron chi connectivity index (χ4n) is 1.38. The van der Waals surface area contributed by atoms with Gasteiger partial charge in [-0.25, -0.2) is 4.79 Å². The Balaban J connectivity index is 2.73. The van der Waals surface area contributed by atoms with Crippen molar-refractivity contribution >= 4 is 17.7 Å². The summed E-state index contributed by atoms with van der Waals surface area (Å²) in [6, 6.07) is 7.18. The van der Waals surface area contributed by atoms with Gasteiger partial charge in [-0.1, -0.05) is 26.0 Å². The van der Waals surface area contributed by atoms with E-state index in [1.165, 1.54) is 11.9 Å². The number of anilines is 1. The Kier molecular flexibility index (Phi) is 4.71. The van der Waals surface area contributed by atoms with Gasteiger partial charge >= 0.3 is 6.09 Å². The summed E-state index contributed by atoms with van der Waals surface area (Å²) in [6.07, 6.45) is -0.980. The van der Waals surface area contributed by atoms with Gasteiger partial charge < -0.3 is 15.3 Å². The third kappa shape index (κ3) is 4.08. The van der Waals surface area contributed by atoms with E-state index in [1.54, 1.807) is 18.2 Å². The molecule has 0 unspecified atom stereocenters. The molecule has 0 aliphatic heterocycles. The number of hydrogen-bond donors (Lipinski definition) is 2. The molecule has 0 aromatic heterocycles. The largest absolute Gasteiger partial charge is 0.465 e. The van der Waals surface area contributed by atoms with Gasteiger partial charge in [0.05, 0.1) is 0 Å². The molecule has 2 amide bonds. The molecule has 0 bridgehead atoms. The average molecular weight is 250 g/mol. The third-order valence-electron chi connectivity index (χ3n) is 2.47. The number of carboxylic acid groups (broad SMARTS) is 1. The molecule has 0 saturated heterocycles. The first-order valence-electron chi connectivity index (χ1n) is 5.74. The first-order valence-corrected chi connectivity index (χ1v) is 5.74. The number of nitrogens with zero attached hydrogens (tertiary/aromatic N) is 1. The fourth-order valence-corrected chi connectivity index (χ4v) is 1.38. The molecule has 2 N–H and O–H groups in total. The van der Waals surface area contributed by atoms with Crippen LogP contribution < -0.4 is 5.32 Å². The van der Waals surface area contributed by atoms with Crippen LogP contribution in [0.25, 0.3) is 0 Å². The maximum absolute atomic E-state index is 11.5. The van der Waals surface area contributed by atoms with Crippen LogP contribution >= 0.6 is 0 Å². The molecule has 0 aliphatic carbocycles. The highest BCUT2D eigenvalue weighted by molar-refractivity contribution is 5.92. The van der Waals surface area contributed by atoms with E-state index in [-0.39, 0.29) is 11.8 Å². The predicted molar refractivity (Wildman–Crippen MR) is 69.4 cm³/mol. The molecule has 0 saturated carbocycles. The van der Waals surface area contributed by atoms with Gasteiger partial charge in [0.15, 0.2) is 0 Å². The number of carbonyl (C=O) groups excluding carboxylic acids is 1. The minimum atomic E-state index is -0.980. The molecule has 5 nitrogen and oxygen atoms in total. The van der Waals surface area contributed by atoms with E-state index in [0.29, 0.717) is 12.2 Å². The smallest absolute Gasteiger partial charge is 0.407 e. The Morgan fingerprint density at radius 1 is 1.39 bits per heavy atom. The summed E-state index contributed by atoms with van der Waals surface area (Å²) in [5.74, 6) is -0.144. The van der Waals surface area contributed by atoms with Crippen molar-refractivity contribution < 1.29 is 14.7 Å². The second-order valence-electron chi connectivity index (χ2n) is 4.48. The summed E-state index contributed by atoms with van der Waals surface area (Å²) >= 11 is 0. The maximum Gasteiger partial charge on any atom is 0.407 e. The lowest BCUT2D eigenvalue weighted by atomic mass is 10.1.